The highest BCUT2D eigenvalue weighted by Crippen LogP contribution is 2.24. The monoisotopic (exact) mass is 334 g/mol. The van der Waals surface area contributed by atoms with Crippen LogP contribution in [0.4, 0.5) is 0 Å². The Balaban J connectivity index is 1.55. The van der Waals surface area contributed by atoms with Crippen LogP contribution in [0.5, 0.6) is 0 Å². The van der Waals surface area contributed by atoms with Gasteiger partial charge in [0.25, 0.3) is 0 Å². The van der Waals surface area contributed by atoms with Crippen LogP contribution in [-0.2, 0) is 19.6 Å². The predicted molar refractivity (Wildman–Crippen MR) is 85.4 cm³/mol. The minimum Gasteiger partial charge on any atom is -0.282 e. The highest BCUT2D eigenvalue weighted by Gasteiger charge is 2.38. The molecule has 122 valence electrons. The Morgan fingerprint density at radius 1 is 1.04 bits per heavy atom. The molecule has 0 radical (unpaired) electrons. The molecule has 7 heteroatoms. The Kier molecular flexibility index (Phi) is 4.32. The van der Waals surface area contributed by atoms with E-state index < -0.39 is 10.0 Å². The SMILES string of the molecule is O=C1CCC(=O)N1CC1CN(S(=O)(=O)C=Cc2ccccc2)C1. The molecule has 1 aromatic rings. The standard InChI is InChI=1S/C16H18N2O4S/c19-15-6-7-16(20)18(15)12-14-10-17(11-14)23(21,22)9-8-13-4-2-1-3-5-13/h1-5,8-9,14H,6-7,10-12H2. The smallest absolute Gasteiger partial charge is 0.236 e. The lowest BCUT2D eigenvalue weighted by Crippen LogP contribution is -2.53. The number of benzene rings is 1. The lowest BCUT2D eigenvalue weighted by atomic mass is 10.0. The number of likely N-dealkylation sites (tertiary alicyclic amines) is 1. The highest BCUT2D eigenvalue weighted by molar-refractivity contribution is 7.92. The normalized spacial score (nSPS) is 20.4. The van der Waals surface area contributed by atoms with Gasteiger partial charge in [-0.05, 0) is 11.6 Å². The van der Waals surface area contributed by atoms with Gasteiger partial charge >= 0.3 is 0 Å². The summed E-state index contributed by atoms with van der Waals surface area (Å²) in [5.74, 6) is -0.276. The maximum Gasteiger partial charge on any atom is 0.236 e. The Bertz CT molecular complexity index is 721. The number of carbonyl (C=O) groups excluding carboxylic acids is 2. The molecule has 6 nitrogen and oxygen atoms in total. The third-order valence-electron chi connectivity index (χ3n) is 4.11. The van der Waals surface area contributed by atoms with E-state index in [0.29, 0.717) is 19.6 Å². The summed E-state index contributed by atoms with van der Waals surface area (Å²) < 4.78 is 25.7. The molecule has 0 spiro atoms. The Hall–Kier alpha value is -1.99. The van der Waals surface area contributed by atoms with Gasteiger partial charge in [0, 0.05) is 43.8 Å². The first-order chi connectivity index (χ1) is 11.0. The molecular weight excluding hydrogens is 316 g/mol. The predicted octanol–water partition coefficient (Wildman–Crippen LogP) is 1.07. The molecule has 0 bridgehead atoms. The summed E-state index contributed by atoms with van der Waals surface area (Å²) in [5, 5.41) is 1.20. The summed E-state index contributed by atoms with van der Waals surface area (Å²) >= 11 is 0. The minimum absolute atomic E-state index is 0.0286. The topological polar surface area (TPSA) is 74.8 Å². The van der Waals surface area contributed by atoms with Crippen LogP contribution < -0.4 is 0 Å². The van der Waals surface area contributed by atoms with Crippen molar-refractivity contribution in [2.24, 2.45) is 5.92 Å². The zero-order valence-corrected chi connectivity index (χ0v) is 13.4. The lowest BCUT2D eigenvalue weighted by molar-refractivity contribution is -0.139. The number of imide groups is 1. The maximum absolute atomic E-state index is 12.2. The molecule has 0 aromatic heterocycles. The molecule has 0 N–H and O–H groups in total. The van der Waals surface area contributed by atoms with Gasteiger partial charge in [-0.3, -0.25) is 14.5 Å². The van der Waals surface area contributed by atoms with E-state index in [1.807, 2.05) is 30.3 Å². The summed E-state index contributed by atoms with van der Waals surface area (Å²) in [6, 6.07) is 9.21. The molecule has 3 rings (SSSR count). The molecule has 1 aromatic carbocycles. The largest absolute Gasteiger partial charge is 0.282 e. The summed E-state index contributed by atoms with van der Waals surface area (Å²) in [5.41, 5.74) is 0.821. The van der Waals surface area contributed by atoms with Crippen molar-refractivity contribution in [2.75, 3.05) is 19.6 Å². The Morgan fingerprint density at radius 2 is 1.65 bits per heavy atom. The number of nitrogens with zero attached hydrogens (tertiary/aromatic N) is 2. The van der Waals surface area contributed by atoms with Crippen LogP contribution in [0.2, 0.25) is 0 Å². The summed E-state index contributed by atoms with van der Waals surface area (Å²) in [4.78, 5) is 24.4. The number of hydrogen-bond donors (Lipinski definition) is 0. The van der Waals surface area contributed by atoms with E-state index in [9.17, 15) is 18.0 Å². The van der Waals surface area contributed by atoms with Gasteiger partial charge in [-0.25, -0.2) is 8.42 Å². The van der Waals surface area contributed by atoms with Crippen LogP contribution in [0.25, 0.3) is 6.08 Å². The highest BCUT2D eigenvalue weighted by atomic mass is 32.2. The van der Waals surface area contributed by atoms with Crippen molar-refractivity contribution in [3.05, 3.63) is 41.3 Å². The first-order valence-electron chi connectivity index (χ1n) is 7.52. The maximum atomic E-state index is 12.2. The molecule has 2 aliphatic heterocycles. The summed E-state index contributed by atoms with van der Waals surface area (Å²) in [6.07, 6.45) is 2.11. The Morgan fingerprint density at radius 3 is 2.26 bits per heavy atom. The lowest BCUT2D eigenvalue weighted by Gasteiger charge is -2.38. The zero-order valence-electron chi connectivity index (χ0n) is 12.6. The zero-order chi connectivity index (χ0) is 16.4. The molecule has 2 amide bonds. The van der Waals surface area contributed by atoms with E-state index in [1.54, 1.807) is 6.08 Å². The van der Waals surface area contributed by atoms with Crippen LogP contribution >= 0.6 is 0 Å². The van der Waals surface area contributed by atoms with Crippen molar-refractivity contribution in [1.29, 1.82) is 0 Å². The average Bonchev–Trinajstić information content (AvgIpc) is 2.80. The van der Waals surface area contributed by atoms with Crippen molar-refractivity contribution < 1.29 is 18.0 Å². The second-order valence-corrected chi connectivity index (χ2v) is 7.66. The first kappa shape index (κ1) is 15.9. The molecule has 0 unspecified atom stereocenters. The van der Waals surface area contributed by atoms with E-state index >= 15 is 0 Å². The molecule has 23 heavy (non-hydrogen) atoms. The number of hydrogen-bond acceptors (Lipinski definition) is 4. The van der Waals surface area contributed by atoms with E-state index in [4.69, 9.17) is 0 Å². The number of sulfonamides is 1. The van der Waals surface area contributed by atoms with Gasteiger partial charge in [0.1, 0.15) is 0 Å². The summed E-state index contributed by atoms with van der Waals surface area (Å²) in [7, 11) is -3.45. The van der Waals surface area contributed by atoms with Crippen LogP contribution in [0, 0.1) is 5.92 Å². The van der Waals surface area contributed by atoms with Gasteiger partial charge in [-0.1, -0.05) is 30.3 Å². The molecular formula is C16H18N2O4S. The van der Waals surface area contributed by atoms with Crippen molar-refractivity contribution >= 4 is 27.9 Å². The quantitative estimate of drug-likeness (QED) is 0.755. The fourth-order valence-electron chi connectivity index (χ4n) is 2.75. The number of rotatable bonds is 5. The van der Waals surface area contributed by atoms with E-state index in [1.165, 1.54) is 14.6 Å². The van der Waals surface area contributed by atoms with Crippen molar-refractivity contribution in [2.45, 2.75) is 12.8 Å². The average molecular weight is 334 g/mol. The second-order valence-electron chi connectivity index (χ2n) is 5.84. The third kappa shape index (κ3) is 3.51. The summed E-state index contributed by atoms with van der Waals surface area (Å²) in [6.45, 7) is 1.02. The van der Waals surface area contributed by atoms with Crippen molar-refractivity contribution in [3.8, 4) is 0 Å². The van der Waals surface area contributed by atoms with Crippen LogP contribution in [0.15, 0.2) is 35.7 Å². The van der Waals surface area contributed by atoms with Gasteiger partial charge in [0.05, 0.1) is 0 Å². The molecule has 2 fully saturated rings. The minimum atomic E-state index is -3.45. The second kappa shape index (κ2) is 6.25. The molecule has 0 atom stereocenters. The fourth-order valence-corrected chi connectivity index (χ4v) is 4.08. The molecule has 0 saturated carbocycles. The van der Waals surface area contributed by atoms with Gasteiger partial charge in [0.2, 0.25) is 21.8 Å². The van der Waals surface area contributed by atoms with Crippen LogP contribution in [-0.4, -0.2) is 49.1 Å². The van der Waals surface area contributed by atoms with Gasteiger partial charge in [0.15, 0.2) is 0 Å². The van der Waals surface area contributed by atoms with Gasteiger partial charge in [-0.15, -0.1) is 0 Å². The fraction of sp³-hybridized carbons (Fsp3) is 0.375. The first-order valence-corrected chi connectivity index (χ1v) is 9.02. The van der Waals surface area contributed by atoms with Crippen molar-refractivity contribution in [1.82, 2.24) is 9.21 Å². The van der Waals surface area contributed by atoms with Crippen molar-refractivity contribution in [3.63, 3.8) is 0 Å². The Labute approximate surface area is 135 Å². The molecule has 2 saturated heterocycles. The van der Waals surface area contributed by atoms with Crippen LogP contribution in [0.3, 0.4) is 0 Å². The van der Waals surface area contributed by atoms with E-state index in [-0.39, 0.29) is 30.6 Å². The van der Waals surface area contributed by atoms with Gasteiger partial charge in [-0.2, -0.15) is 4.31 Å². The number of carbonyl (C=O) groups is 2. The van der Waals surface area contributed by atoms with E-state index in [0.717, 1.165) is 5.56 Å². The van der Waals surface area contributed by atoms with Crippen LogP contribution in [0.1, 0.15) is 18.4 Å². The third-order valence-corrected chi connectivity index (χ3v) is 5.61. The van der Waals surface area contributed by atoms with Gasteiger partial charge < -0.3 is 0 Å². The molecule has 2 aliphatic rings. The number of amides is 2. The molecule has 0 aliphatic carbocycles. The molecule has 2 heterocycles. The van der Waals surface area contributed by atoms with E-state index in [2.05, 4.69) is 0 Å².